The van der Waals surface area contributed by atoms with Crippen LogP contribution in [-0.2, 0) is 16.8 Å². The fourth-order valence-corrected chi connectivity index (χ4v) is 5.14. The zero-order valence-electron chi connectivity index (χ0n) is 15.8. The van der Waals surface area contributed by atoms with Crippen LogP contribution in [0.4, 0.5) is 0 Å². The lowest BCUT2D eigenvalue weighted by Crippen LogP contribution is -2.48. The highest BCUT2D eigenvalue weighted by atomic mass is 32.1. The monoisotopic (exact) mass is 401 g/mol. The number of rotatable bonds is 4. The van der Waals surface area contributed by atoms with Gasteiger partial charge in [0.25, 0.3) is 5.91 Å². The molecular formula is C21H23NO5S. The summed E-state index contributed by atoms with van der Waals surface area (Å²) < 4.78 is 11.7. The molecule has 1 saturated heterocycles. The third-order valence-corrected chi connectivity index (χ3v) is 6.65. The van der Waals surface area contributed by atoms with Crippen LogP contribution in [0.25, 0.3) is 0 Å². The van der Waals surface area contributed by atoms with E-state index in [4.69, 9.17) is 9.47 Å². The summed E-state index contributed by atoms with van der Waals surface area (Å²) in [4.78, 5) is 27.6. The number of carbonyl (C=O) groups is 2. The Labute approximate surface area is 167 Å². The zero-order chi connectivity index (χ0) is 19.7. The first-order valence-corrected chi connectivity index (χ1v) is 10.4. The van der Waals surface area contributed by atoms with Gasteiger partial charge in [-0.1, -0.05) is 6.07 Å². The summed E-state index contributed by atoms with van der Waals surface area (Å²) in [5, 5.41) is 9.33. The van der Waals surface area contributed by atoms with Crippen molar-refractivity contribution in [1.82, 2.24) is 4.90 Å². The van der Waals surface area contributed by atoms with Crippen molar-refractivity contribution >= 4 is 23.2 Å². The van der Waals surface area contributed by atoms with E-state index in [0.29, 0.717) is 55.3 Å². The molecule has 0 radical (unpaired) electrons. The standard InChI is InChI=1S/C21H23NO5S/c1-2-26-15-5-3-4-14(12-15)19(23)22-9-7-21(8-10-22)16-13-18(20(24)25)28-17(16)6-11-27-21/h3-5,12-13H,2,6-11H2,1H3,(H,24,25). The summed E-state index contributed by atoms with van der Waals surface area (Å²) in [5.41, 5.74) is 1.16. The van der Waals surface area contributed by atoms with E-state index < -0.39 is 11.6 Å². The smallest absolute Gasteiger partial charge is 0.345 e. The van der Waals surface area contributed by atoms with Gasteiger partial charge in [0.05, 0.1) is 18.8 Å². The molecule has 1 fully saturated rings. The van der Waals surface area contributed by atoms with Crippen molar-refractivity contribution in [3.05, 3.63) is 51.2 Å². The Bertz CT molecular complexity index is 898. The van der Waals surface area contributed by atoms with Crippen molar-refractivity contribution in [1.29, 1.82) is 0 Å². The molecule has 1 N–H and O–H groups in total. The second kappa shape index (κ2) is 7.56. The largest absolute Gasteiger partial charge is 0.494 e. The molecule has 0 aliphatic carbocycles. The molecule has 3 heterocycles. The average Bonchev–Trinajstić information content (AvgIpc) is 3.15. The molecule has 1 amide bonds. The SMILES string of the molecule is CCOc1cccc(C(=O)N2CCC3(CC2)OCCc2sc(C(=O)O)cc23)c1. The summed E-state index contributed by atoms with van der Waals surface area (Å²) in [6.07, 6.45) is 2.10. The molecule has 148 valence electrons. The number of likely N-dealkylation sites (tertiary alicyclic amines) is 1. The van der Waals surface area contributed by atoms with Crippen LogP contribution in [0.5, 0.6) is 5.75 Å². The van der Waals surface area contributed by atoms with Crippen molar-refractivity contribution in [3.63, 3.8) is 0 Å². The number of nitrogens with zero attached hydrogens (tertiary/aromatic N) is 1. The van der Waals surface area contributed by atoms with Crippen molar-refractivity contribution in [3.8, 4) is 5.75 Å². The number of hydrogen-bond donors (Lipinski definition) is 1. The maximum Gasteiger partial charge on any atom is 0.345 e. The number of ether oxygens (including phenoxy) is 2. The van der Waals surface area contributed by atoms with Gasteiger partial charge >= 0.3 is 5.97 Å². The van der Waals surface area contributed by atoms with Gasteiger partial charge in [-0.25, -0.2) is 4.79 Å². The van der Waals surface area contributed by atoms with Gasteiger partial charge in [0.2, 0.25) is 0 Å². The predicted molar refractivity (Wildman–Crippen MR) is 105 cm³/mol. The molecular weight excluding hydrogens is 378 g/mol. The van der Waals surface area contributed by atoms with Crippen molar-refractivity contribution < 1.29 is 24.2 Å². The second-order valence-electron chi connectivity index (χ2n) is 7.10. The van der Waals surface area contributed by atoms with Crippen molar-refractivity contribution in [2.45, 2.75) is 31.8 Å². The Morgan fingerprint density at radius 1 is 1.29 bits per heavy atom. The van der Waals surface area contributed by atoms with Crippen LogP contribution in [-0.4, -0.2) is 48.2 Å². The van der Waals surface area contributed by atoms with E-state index in [1.165, 1.54) is 11.3 Å². The number of carbonyl (C=O) groups excluding carboxylic acids is 1. The zero-order valence-corrected chi connectivity index (χ0v) is 16.6. The molecule has 2 aromatic rings. The van der Waals surface area contributed by atoms with Crippen LogP contribution >= 0.6 is 11.3 Å². The molecule has 7 heteroatoms. The van der Waals surface area contributed by atoms with Crippen molar-refractivity contribution in [2.24, 2.45) is 0 Å². The van der Waals surface area contributed by atoms with Crippen molar-refractivity contribution in [2.75, 3.05) is 26.3 Å². The van der Waals surface area contributed by atoms with Gasteiger partial charge < -0.3 is 19.5 Å². The lowest BCUT2D eigenvalue weighted by Gasteiger charge is -2.44. The number of amides is 1. The molecule has 0 atom stereocenters. The molecule has 2 aliphatic heterocycles. The van der Waals surface area contributed by atoms with E-state index >= 15 is 0 Å². The lowest BCUT2D eigenvalue weighted by molar-refractivity contribution is -0.0926. The first kappa shape index (κ1) is 19.0. The van der Waals surface area contributed by atoms with Crippen LogP contribution in [0.3, 0.4) is 0 Å². The average molecular weight is 401 g/mol. The van der Waals surface area contributed by atoms with Crippen LogP contribution in [0.15, 0.2) is 30.3 Å². The van der Waals surface area contributed by atoms with E-state index in [1.807, 2.05) is 30.0 Å². The summed E-state index contributed by atoms with van der Waals surface area (Å²) in [7, 11) is 0. The number of aromatic carboxylic acids is 1. The minimum absolute atomic E-state index is 0.0102. The molecule has 0 saturated carbocycles. The van der Waals surface area contributed by atoms with Gasteiger partial charge in [-0.05, 0) is 49.6 Å². The van der Waals surface area contributed by atoms with Crippen LogP contribution in [0.1, 0.15) is 50.2 Å². The summed E-state index contributed by atoms with van der Waals surface area (Å²) >= 11 is 1.35. The molecule has 4 rings (SSSR count). The normalized spacial score (nSPS) is 18.0. The van der Waals surface area contributed by atoms with E-state index in [-0.39, 0.29) is 5.91 Å². The Hall–Kier alpha value is -2.38. The van der Waals surface area contributed by atoms with Gasteiger partial charge in [-0.3, -0.25) is 4.79 Å². The number of carboxylic acid groups (broad SMARTS) is 1. The number of fused-ring (bicyclic) bond motifs is 2. The summed E-state index contributed by atoms with van der Waals surface area (Å²) in [5.74, 6) is -0.207. The molecule has 1 spiro atoms. The van der Waals surface area contributed by atoms with Crippen LogP contribution in [0, 0.1) is 0 Å². The van der Waals surface area contributed by atoms with E-state index in [1.54, 1.807) is 12.1 Å². The number of hydrogen-bond acceptors (Lipinski definition) is 5. The molecule has 1 aromatic heterocycles. The maximum absolute atomic E-state index is 12.9. The topological polar surface area (TPSA) is 76.1 Å². The van der Waals surface area contributed by atoms with Gasteiger partial charge in [0.1, 0.15) is 10.6 Å². The first-order chi connectivity index (χ1) is 13.5. The Morgan fingerprint density at radius 2 is 2.07 bits per heavy atom. The number of piperidine rings is 1. The highest BCUT2D eigenvalue weighted by Crippen LogP contribution is 2.44. The number of benzene rings is 1. The fourth-order valence-electron chi connectivity index (χ4n) is 4.08. The van der Waals surface area contributed by atoms with E-state index in [9.17, 15) is 14.7 Å². The van der Waals surface area contributed by atoms with E-state index in [2.05, 4.69) is 0 Å². The highest BCUT2D eigenvalue weighted by molar-refractivity contribution is 7.14. The summed E-state index contributed by atoms with van der Waals surface area (Å²) in [6, 6.07) is 9.04. The number of thiophene rings is 1. The lowest BCUT2D eigenvalue weighted by atomic mass is 9.82. The maximum atomic E-state index is 12.9. The predicted octanol–water partition coefficient (Wildman–Crippen LogP) is 3.55. The molecule has 6 nitrogen and oxygen atoms in total. The Morgan fingerprint density at radius 3 is 2.79 bits per heavy atom. The molecule has 28 heavy (non-hydrogen) atoms. The Kier molecular flexibility index (Phi) is 5.12. The minimum Gasteiger partial charge on any atom is -0.494 e. The Balaban J connectivity index is 1.50. The third-order valence-electron chi connectivity index (χ3n) is 5.47. The first-order valence-electron chi connectivity index (χ1n) is 9.55. The van der Waals surface area contributed by atoms with Gasteiger partial charge in [-0.2, -0.15) is 0 Å². The molecule has 0 unspecified atom stereocenters. The van der Waals surface area contributed by atoms with Gasteiger partial charge in [0, 0.05) is 30.0 Å². The third kappa shape index (κ3) is 3.40. The highest BCUT2D eigenvalue weighted by Gasteiger charge is 2.43. The molecule has 1 aromatic carbocycles. The fraction of sp³-hybridized carbons (Fsp3) is 0.429. The van der Waals surface area contributed by atoms with Crippen LogP contribution < -0.4 is 4.74 Å². The summed E-state index contributed by atoms with van der Waals surface area (Å²) in [6.45, 7) is 4.22. The van der Waals surface area contributed by atoms with Gasteiger partial charge in [0.15, 0.2) is 0 Å². The molecule has 2 aliphatic rings. The second-order valence-corrected chi connectivity index (χ2v) is 8.24. The van der Waals surface area contributed by atoms with Crippen LogP contribution in [0.2, 0.25) is 0 Å². The quantitative estimate of drug-likeness (QED) is 0.848. The molecule has 0 bridgehead atoms. The van der Waals surface area contributed by atoms with Gasteiger partial charge in [-0.15, -0.1) is 11.3 Å². The van der Waals surface area contributed by atoms with E-state index in [0.717, 1.165) is 16.9 Å². The number of carboxylic acids is 1. The minimum atomic E-state index is -0.892.